The number of ether oxygens (including phenoxy) is 1. The predicted octanol–water partition coefficient (Wildman–Crippen LogP) is 2.90. The molecule has 0 amide bonds. The van der Waals surface area contributed by atoms with Gasteiger partial charge in [-0.1, -0.05) is 36.4 Å². The van der Waals surface area contributed by atoms with E-state index in [0.717, 1.165) is 0 Å². The summed E-state index contributed by atoms with van der Waals surface area (Å²) in [5.74, 6) is -0.334. The fourth-order valence-electron chi connectivity index (χ4n) is 2.40. The lowest BCUT2D eigenvalue weighted by Crippen LogP contribution is -2.07. The number of aromatic nitrogens is 2. The van der Waals surface area contributed by atoms with E-state index in [0.29, 0.717) is 16.8 Å². The fourth-order valence-corrected chi connectivity index (χ4v) is 2.40. The summed E-state index contributed by atoms with van der Waals surface area (Å²) >= 11 is 0. The van der Waals surface area contributed by atoms with Crippen LogP contribution in [0.5, 0.6) is 5.75 Å². The number of rotatable bonds is 4. The highest BCUT2D eigenvalue weighted by atomic mass is 19.1. The Morgan fingerprint density at radius 2 is 1.76 bits per heavy atom. The fraction of sp³-hybridized carbons (Fsp3) is 0.0556. The molecule has 1 heterocycles. The lowest BCUT2D eigenvalue weighted by molar-refractivity contribution is 0.291. The number of para-hydroxylation sites is 1. The second kappa shape index (κ2) is 6.84. The summed E-state index contributed by atoms with van der Waals surface area (Å²) in [6.07, 6.45) is 0. The lowest BCUT2D eigenvalue weighted by Gasteiger charge is -2.13. The zero-order valence-corrected chi connectivity index (χ0v) is 13.1. The summed E-state index contributed by atoms with van der Waals surface area (Å²) in [6, 6.07) is 15.3. The van der Waals surface area contributed by atoms with E-state index in [-0.39, 0.29) is 29.7 Å². The first-order valence-electron chi connectivity index (χ1n) is 7.39. The van der Waals surface area contributed by atoms with Crippen LogP contribution in [-0.2, 0) is 6.61 Å². The number of halogens is 1. The monoisotopic (exact) mass is 335 g/mol. The van der Waals surface area contributed by atoms with E-state index in [1.54, 1.807) is 36.4 Å². The molecule has 3 rings (SSSR count). The quantitative estimate of drug-likeness (QED) is 0.758. The highest BCUT2D eigenvalue weighted by Crippen LogP contribution is 2.29. The van der Waals surface area contributed by atoms with Crippen molar-refractivity contribution in [2.75, 3.05) is 11.5 Å². The maximum atomic E-state index is 13.7. The number of nitrogen functional groups attached to an aromatic ring is 2. The second-order valence-electron chi connectivity index (χ2n) is 5.18. The average Bonchev–Trinajstić information content (AvgIpc) is 2.61. The van der Waals surface area contributed by atoms with Gasteiger partial charge in [-0.15, -0.1) is 0 Å². The Kier molecular flexibility index (Phi) is 4.44. The van der Waals surface area contributed by atoms with Gasteiger partial charge in [-0.05, 0) is 17.7 Å². The van der Waals surface area contributed by atoms with Crippen molar-refractivity contribution < 1.29 is 9.13 Å². The number of benzene rings is 2. The molecule has 0 atom stereocenters. The molecule has 0 saturated carbocycles. The van der Waals surface area contributed by atoms with Crippen LogP contribution < -0.4 is 16.2 Å². The molecule has 2 aromatic carbocycles. The van der Waals surface area contributed by atoms with Gasteiger partial charge in [0.1, 0.15) is 24.1 Å². The van der Waals surface area contributed by atoms with Crippen LogP contribution in [0, 0.1) is 17.1 Å². The second-order valence-corrected chi connectivity index (χ2v) is 5.18. The Morgan fingerprint density at radius 1 is 1.04 bits per heavy atom. The molecule has 0 unspecified atom stereocenters. The molecule has 0 saturated heterocycles. The molecule has 0 fully saturated rings. The Labute approximate surface area is 143 Å². The Hall–Kier alpha value is -3.66. The molecular formula is C18H14FN5O. The molecule has 0 spiro atoms. The topological polar surface area (TPSA) is 111 Å². The van der Waals surface area contributed by atoms with E-state index in [4.69, 9.17) is 16.2 Å². The maximum Gasteiger partial charge on any atom is 0.222 e. The molecule has 1 aromatic heterocycles. The smallest absolute Gasteiger partial charge is 0.222 e. The van der Waals surface area contributed by atoms with Gasteiger partial charge >= 0.3 is 0 Å². The third-order valence-electron chi connectivity index (χ3n) is 3.56. The van der Waals surface area contributed by atoms with E-state index < -0.39 is 5.82 Å². The molecule has 4 N–H and O–H groups in total. The van der Waals surface area contributed by atoms with Crippen LogP contribution in [0.2, 0.25) is 0 Å². The van der Waals surface area contributed by atoms with Gasteiger partial charge in [-0.25, -0.2) is 9.37 Å². The minimum Gasteiger partial charge on any atom is -0.486 e. The summed E-state index contributed by atoms with van der Waals surface area (Å²) in [5.41, 5.74) is 13.2. The van der Waals surface area contributed by atoms with Crippen molar-refractivity contribution in [1.29, 1.82) is 5.26 Å². The highest BCUT2D eigenvalue weighted by Gasteiger charge is 2.16. The molecule has 7 heteroatoms. The van der Waals surface area contributed by atoms with Crippen LogP contribution in [0.25, 0.3) is 11.3 Å². The lowest BCUT2D eigenvalue weighted by atomic mass is 10.0. The van der Waals surface area contributed by atoms with Gasteiger partial charge in [0.15, 0.2) is 11.6 Å². The average molecular weight is 335 g/mol. The third-order valence-corrected chi connectivity index (χ3v) is 3.56. The number of hydrogen-bond acceptors (Lipinski definition) is 6. The molecule has 0 aliphatic rings. The SMILES string of the molecule is N#Cc1c(N)nc(N)nc1-c1ccccc1COc1ccccc1F. The number of nitrogens with zero attached hydrogens (tertiary/aromatic N) is 3. The van der Waals surface area contributed by atoms with Crippen LogP contribution in [0.1, 0.15) is 11.1 Å². The van der Waals surface area contributed by atoms with E-state index in [1.165, 1.54) is 6.07 Å². The molecule has 124 valence electrons. The van der Waals surface area contributed by atoms with Gasteiger partial charge in [0.2, 0.25) is 5.95 Å². The van der Waals surface area contributed by atoms with Crippen LogP contribution in [0.4, 0.5) is 16.2 Å². The first-order chi connectivity index (χ1) is 12.1. The van der Waals surface area contributed by atoms with Crippen molar-refractivity contribution in [3.8, 4) is 23.1 Å². The summed E-state index contributed by atoms with van der Waals surface area (Å²) in [6.45, 7) is 0.0891. The predicted molar refractivity (Wildman–Crippen MR) is 91.7 cm³/mol. The minimum absolute atomic E-state index is 0.00910. The van der Waals surface area contributed by atoms with Gasteiger partial charge in [0.25, 0.3) is 0 Å². The van der Waals surface area contributed by atoms with Crippen LogP contribution in [-0.4, -0.2) is 9.97 Å². The van der Waals surface area contributed by atoms with Gasteiger partial charge in [-0.3, -0.25) is 0 Å². The van der Waals surface area contributed by atoms with Gasteiger partial charge in [0.05, 0.1) is 5.69 Å². The van der Waals surface area contributed by atoms with Crippen molar-refractivity contribution in [2.24, 2.45) is 0 Å². The molecule has 0 radical (unpaired) electrons. The van der Waals surface area contributed by atoms with Crippen molar-refractivity contribution in [2.45, 2.75) is 6.61 Å². The normalized spacial score (nSPS) is 10.2. The Bertz CT molecular complexity index is 968. The molecular weight excluding hydrogens is 321 g/mol. The van der Waals surface area contributed by atoms with Gasteiger partial charge in [0, 0.05) is 5.56 Å². The standard InChI is InChI=1S/C18H14FN5O/c19-14-7-3-4-8-15(14)25-10-11-5-1-2-6-12(11)16-13(9-20)17(21)24-18(22)23-16/h1-8H,10H2,(H4,21,22,23,24). The summed E-state index contributed by atoms with van der Waals surface area (Å²) < 4.78 is 19.3. The number of hydrogen-bond donors (Lipinski definition) is 2. The number of nitrogens with two attached hydrogens (primary N) is 2. The maximum absolute atomic E-state index is 13.7. The molecule has 0 aliphatic carbocycles. The number of nitriles is 1. The van der Waals surface area contributed by atoms with Crippen molar-refractivity contribution in [3.05, 3.63) is 65.5 Å². The van der Waals surface area contributed by atoms with Crippen molar-refractivity contribution >= 4 is 11.8 Å². The van der Waals surface area contributed by atoms with Crippen molar-refractivity contribution in [1.82, 2.24) is 9.97 Å². The van der Waals surface area contributed by atoms with Crippen LogP contribution in [0.3, 0.4) is 0 Å². The van der Waals surface area contributed by atoms with Gasteiger partial charge < -0.3 is 16.2 Å². The first kappa shape index (κ1) is 16.2. The van der Waals surface area contributed by atoms with E-state index in [1.807, 2.05) is 12.1 Å². The van der Waals surface area contributed by atoms with E-state index in [2.05, 4.69) is 9.97 Å². The van der Waals surface area contributed by atoms with Crippen LogP contribution >= 0.6 is 0 Å². The van der Waals surface area contributed by atoms with Crippen LogP contribution in [0.15, 0.2) is 48.5 Å². The molecule has 3 aromatic rings. The zero-order chi connectivity index (χ0) is 17.8. The third kappa shape index (κ3) is 3.33. The Balaban J connectivity index is 2.00. The van der Waals surface area contributed by atoms with Crippen molar-refractivity contribution in [3.63, 3.8) is 0 Å². The minimum atomic E-state index is -0.451. The molecule has 25 heavy (non-hydrogen) atoms. The molecule has 0 aliphatic heterocycles. The number of anilines is 2. The molecule has 6 nitrogen and oxygen atoms in total. The van der Waals surface area contributed by atoms with E-state index >= 15 is 0 Å². The summed E-state index contributed by atoms with van der Waals surface area (Å²) in [5, 5.41) is 9.36. The van der Waals surface area contributed by atoms with Gasteiger partial charge in [-0.2, -0.15) is 10.2 Å². The van der Waals surface area contributed by atoms with E-state index in [9.17, 15) is 9.65 Å². The molecule has 0 bridgehead atoms. The summed E-state index contributed by atoms with van der Waals surface area (Å²) in [4.78, 5) is 7.95. The summed E-state index contributed by atoms with van der Waals surface area (Å²) in [7, 11) is 0. The Morgan fingerprint density at radius 3 is 2.52 bits per heavy atom. The first-order valence-corrected chi connectivity index (χ1v) is 7.39. The highest BCUT2D eigenvalue weighted by molar-refractivity contribution is 5.75. The zero-order valence-electron chi connectivity index (χ0n) is 13.1. The largest absolute Gasteiger partial charge is 0.486 e.